The van der Waals surface area contributed by atoms with Gasteiger partial charge in [-0.25, -0.2) is 0 Å². The van der Waals surface area contributed by atoms with Crippen LogP contribution in [0.5, 0.6) is 0 Å². The molecule has 0 aliphatic rings. The van der Waals surface area contributed by atoms with Crippen LogP contribution in [0.1, 0.15) is 11.0 Å². The molecule has 0 spiro atoms. The predicted octanol–water partition coefficient (Wildman–Crippen LogP) is 17.7. The first-order valence-corrected chi connectivity index (χ1v) is 21.3. The maximum Gasteiger partial charge on any atom is 0.143 e. The number of hydrogen-bond donors (Lipinski definition) is 0. The average Bonchev–Trinajstić information content (AvgIpc) is 3.82. The minimum absolute atomic E-state index is 0.0740. The van der Waals surface area contributed by atoms with E-state index in [9.17, 15) is 11.0 Å². The van der Waals surface area contributed by atoms with Gasteiger partial charge in [-0.2, -0.15) is 0 Å². The van der Waals surface area contributed by atoms with E-state index in [0.29, 0.717) is 38.8 Å². The highest BCUT2D eigenvalue weighted by Crippen LogP contribution is 2.45. The van der Waals surface area contributed by atoms with Crippen LogP contribution in [-0.4, -0.2) is 0 Å². The van der Waals surface area contributed by atoms with E-state index in [1.165, 1.54) is 4.90 Å². The Morgan fingerprint density at radius 1 is 0.328 bits per heavy atom. The van der Waals surface area contributed by atoms with Crippen molar-refractivity contribution in [3.05, 3.63) is 249 Å². The standard InChI is InChI=1S/C62H41NO/c1-3-14-44(15-4-1)55-38-33-49(41-58(55)46-16-5-2-6-17-46)43-30-36-52(37-31-43)63(59-26-13-27-60-61(59)57-39-32-47-19-8-10-24-56(47)62(57)64-60)51-34-28-42(29-35-51)48-21-11-22-50(40-48)54-25-12-20-45-18-7-9-23-53(45)54/h1-41H/i28D,29D,30D,31D,34D,35D,36D,37D. The minimum Gasteiger partial charge on any atom is -0.455 e. The molecule has 0 aliphatic carbocycles. The number of rotatable bonds is 8. The fourth-order valence-corrected chi connectivity index (χ4v) is 8.94. The lowest BCUT2D eigenvalue weighted by atomic mass is 9.91. The Bertz CT molecular complexity index is 4090. The lowest BCUT2D eigenvalue weighted by molar-refractivity contribution is 0.672. The third-order valence-corrected chi connectivity index (χ3v) is 12.0. The summed E-state index contributed by atoms with van der Waals surface area (Å²) in [6.07, 6.45) is 0. The second kappa shape index (κ2) is 15.8. The second-order valence-electron chi connectivity index (χ2n) is 15.8. The summed E-state index contributed by atoms with van der Waals surface area (Å²) in [5, 5.41) is 5.10. The SMILES string of the molecule is [2H]c1c([2H])c(N(c2c([2H])c([2H])c(-c3ccc(-c4ccccc4)c(-c4ccccc4)c3)c([2H])c2[2H])c2cccc3oc4c5ccccc5ccc4c23)c([2H])c([2H])c1-c1cccc(-c2cccc3ccccc23)c1. The number of furan rings is 1. The fourth-order valence-electron chi connectivity index (χ4n) is 8.94. The lowest BCUT2D eigenvalue weighted by Crippen LogP contribution is -2.10. The Hall–Kier alpha value is -8.46. The van der Waals surface area contributed by atoms with Gasteiger partial charge in [0.05, 0.1) is 22.0 Å². The number of benzene rings is 11. The zero-order valence-electron chi connectivity index (χ0n) is 42.4. The zero-order valence-corrected chi connectivity index (χ0v) is 34.4. The van der Waals surface area contributed by atoms with Crippen LogP contribution in [0.4, 0.5) is 17.1 Å². The van der Waals surface area contributed by atoms with E-state index in [-0.39, 0.29) is 46.7 Å². The zero-order chi connectivity index (χ0) is 49.4. The summed E-state index contributed by atoms with van der Waals surface area (Å²) in [7, 11) is 0. The Labute approximate surface area is 383 Å². The van der Waals surface area contributed by atoms with Crippen molar-refractivity contribution in [3.63, 3.8) is 0 Å². The largest absolute Gasteiger partial charge is 0.455 e. The van der Waals surface area contributed by atoms with Crippen LogP contribution in [0.15, 0.2) is 253 Å². The monoisotopic (exact) mass is 823 g/mol. The van der Waals surface area contributed by atoms with Gasteiger partial charge in [0.2, 0.25) is 0 Å². The highest BCUT2D eigenvalue weighted by atomic mass is 16.3. The van der Waals surface area contributed by atoms with Gasteiger partial charge in [-0.15, -0.1) is 0 Å². The van der Waals surface area contributed by atoms with E-state index < -0.39 is 24.2 Å². The number of nitrogens with zero attached hydrogens (tertiary/aromatic N) is 1. The van der Waals surface area contributed by atoms with Crippen LogP contribution >= 0.6 is 0 Å². The highest BCUT2D eigenvalue weighted by molar-refractivity contribution is 6.19. The molecule has 0 amide bonds. The summed E-state index contributed by atoms with van der Waals surface area (Å²) in [4.78, 5) is 1.38. The third kappa shape index (κ3) is 6.61. The van der Waals surface area contributed by atoms with Gasteiger partial charge in [0.1, 0.15) is 11.2 Å². The minimum atomic E-state index is -0.432. The van der Waals surface area contributed by atoms with Crippen molar-refractivity contribution >= 4 is 60.5 Å². The van der Waals surface area contributed by atoms with Crippen molar-refractivity contribution in [1.29, 1.82) is 0 Å². The third-order valence-electron chi connectivity index (χ3n) is 12.0. The first-order valence-electron chi connectivity index (χ1n) is 25.3. The number of hydrogen-bond acceptors (Lipinski definition) is 2. The summed E-state index contributed by atoms with van der Waals surface area (Å²) in [6, 6.07) is 60.9. The van der Waals surface area contributed by atoms with Crippen LogP contribution < -0.4 is 4.90 Å². The molecule has 0 atom stereocenters. The molecule has 0 unspecified atom stereocenters. The van der Waals surface area contributed by atoms with Crippen LogP contribution in [0, 0.1) is 0 Å². The fraction of sp³-hybridized carbons (Fsp3) is 0. The van der Waals surface area contributed by atoms with Crippen molar-refractivity contribution in [1.82, 2.24) is 0 Å². The summed E-state index contributed by atoms with van der Waals surface area (Å²) >= 11 is 0. The Kier molecular flexibility index (Phi) is 7.33. The molecule has 1 aromatic heterocycles. The molecule has 0 saturated carbocycles. The molecular formula is C62H41NO. The van der Waals surface area contributed by atoms with E-state index in [1.54, 1.807) is 24.3 Å². The molecule has 2 nitrogen and oxygen atoms in total. The summed E-state index contributed by atoms with van der Waals surface area (Å²) < 4.78 is 85.0. The normalized spacial score (nSPS) is 13.2. The topological polar surface area (TPSA) is 16.4 Å². The van der Waals surface area contributed by atoms with E-state index in [0.717, 1.165) is 54.9 Å². The van der Waals surface area contributed by atoms with Gasteiger partial charge in [-0.1, -0.05) is 194 Å². The van der Waals surface area contributed by atoms with E-state index >= 15 is 0 Å². The van der Waals surface area contributed by atoms with E-state index in [1.807, 2.05) is 176 Å². The summed E-state index contributed by atoms with van der Waals surface area (Å²) in [5.41, 5.74) is 7.40. The molecule has 64 heavy (non-hydrogen) atoms. The molecule has 11 aromatic carbocycles. The van der Waals surface area contributed by atoms with Crippen LogP contribution in [0.3, 0.4) is 0 Å². The molecule has 0 aliphatic heterocycles. The van der Waals surface area contributed by atoms with Crippen molar-refractivity contribution in [2.24, 2.45) is 0 Å². The first kappa shape index (κ1) is 29.7. The van der Waals surface area contributed by atoms with Gasteiger partial charge in [-0.05, 0) is 126 Å². The van der Waals surface area contributed by atoms with Crippen molar-refractivity contribution in [2.45, 2.75) is 0 Å². The molecule has 0 N–H and O–H groups in total. The Morgan fingerprint density at radius 3 is 1.59 bits per heavy atom. The Morgan fingerprint density at radius 2 is 0.875 bits per heavy atom. The molecule has 2 heteroatoms. The van der Waals surface area contributed by atoms with Crippen LogP contribution in [0.25, 0.3) is 99.1 Å². The van der Waals surface area contributed by atoms with Crippen LogP contribution in [-0.2, 0) is 0 Å². The molecule has 300 valence electrons. The van der Waals surface area contributed by atoms with Crippen molar-refractivity contribution in [3.8, 4) is 55.6 Å². The van der Waals surface area contributed by atoms with Crippen molar-refractivity contribution < 1.29 is 15.4 Å². The highest BCUT2D eigenvalue weighted by Gasteiger charge is 2.21. The van der Waals surface area contributed by atoms with Gasteiger partial charge in [-0.3, -0.25) is 0 Å². The van der Waals surface area contributed by atoms with E-state index in [4.69, 9.17) is 4.42 Å². The molecule has 12 aromatic rings. The lowest BCUT2D eigenvalue weighted by Gasteiger charge is -2.27. The smallest absolute Gasteiger partial charge is 0.143 e. The summed E-state index contributed by atoms with van der Waals surface area (Å²) in [6.45, 7) is 0. The van der Waals surface area contributed by atoms with Gasteiger partial charge in [0.25, 0.3) is 0 Å². The molecular weight excluding hydrogens is 775 g/mol. The second-order valence-corrected chi connectivity index (χ2v) is 15.8. The Balaban J connectivity index is 1.10. The molecule has 0 radical (unpaired) electrons. The van der Waals surface area contributed by atoms with E-state index in [2.05, 4.69) is 0 Å². The quantitative estimate of drug-likeness (QED) is 0.152. The maximum atomic E-state index is 9.90. The van der Waals surface area contributed by atoms with Gasteiger partial charge >= 0.3 is 0 Å². The molecule has 12 rings (SSSR count). The predicted molar refractivity (Wildman–Crippen MR) is 271 cm³/mol. The van der Waals surface area contributed by atoms with Gasteiger partial charge in [0.15, 0.2) is 0 Å². The summed E-state index contributed by atoms with van der Waals surface area (Å²) in [5.74, 6) is 0. The van der Waals surface area contributed by atoms with Gasteiger partial charge < -0.3 is 9.32 Å². The number of fused-ring (bicyclic) bond motifs is 6. The average molecular weight is 824 g/mol. The first-order chi connectivity index (χ1) is 35.1. The number of anilines is 3. The molecule has 0 fully saturated rings. The van der Waals surface area contributed by atoms with Gasteiger partial charge in [0, 0.05) is 22.1 Å². The molecule has 1 heterocycles. The van der Waals surface area contributed by atoms with Crippen LogP contribution in [0.2, 0.25) is 0 Å². The maximum absolute atomic E-state index is 9.90. The molecule has 0 saturated heterocycles. The molecule has 0 bridgehead atoms. The van der Waals surface area contributed by atoms with Crippen molar-refractivity contribution in [2.75, 3.05) is 4.90 Å².